The van der Waals surface area contributed by atoms with Crippen molar-refractivity contribution in [3.8, 4) is 0 Å². The van der Waals surface area contributed by atoms with Gasteiger partial charge in [-0.05, 0) is 23.4 Å². The Bertz CT molecular complexity index is 431. The third kappa shape index (κ3) is 1.42. The van der Waals surface area contributed by atoms with Crippen LogP contribution < -0.4 is 0 Å². The van der Waals surface area contributed by atoms with E-state index in [1.54, 1.807) is 0 Å². The molecule has 1 N–H and O–H groups in total. The predicted molar refractivity (Wildman–Crippen MR) is 58.4 cm³/mol. The van der Waals surface area contributed by atoms with Crippen LogP contribution in [0.1, 0.15) is 12.5 Å². The van der Waals surface area contributed by atoms with Gasteiger partial charge in [0, 0.05) is 12.7 Å². The molecule has 0 atom stereocenters. The summed E-state index contributed by atoms with van der Waals surface area (Å²) in [6.45, 7) is 3.04. The zero-order chi connectivity index (χ0) is 9.97. The van der Waals surface area contributed by atoms with Gasteiger partial charge in [-0.3, -0.25) is 0 Å². The smallest absolute Gasteiger partial charge is 0.0610 e. The van der Waals surface area contributed by atoms with E-state index < -0.39 is 0 Å². The molecular formula is C12H15NO. The van der Waals surface area contributed by atoms with Crippen molar-refractivity contribution >= 4 is 10.9 Å². The largest absolute Gasteiger partial charge is 0.395 e. The minimum absolute atomic E-state index is 0.196. The van der Waals surface area contributed by atoms with E-state index in [2.05, 4.69) is 35.8 Å². The summed E-state index contributed by atoms with van der Waals surface area (Å²) in [5.41, 5.74) is 2.62. The quantitative estimate of drug-likeness (QED) is 0.786. The van der Waals surface area contributed by atoms with Crippen molar-refractivity contribution in [2.24, 2.45) is 0 Å². The lowest BCUT2D eigenvalue weighted by Gasteiger charge is -2.06. The maximum Gasteiger partial charge on any atom is 0.0610 e. The van der Waals surface area contributed by atoms with Crippen LogP contribution in [0.25, 0.3) is 10.9 Å². The average molecular weight is 189 g/mol. The van der Waals surface area contributed by atoms with E-state index in [4.69, 9.17) is 5.11 Å². The van der Waals surface area contributed by atoms with Crippen LogP contribution >= 0.6 is 0 Å². The SMILES string of the molecule is CCc1cccc2ccn(CCO)c12. The summed E-state index contributed by atoms with van der Waals surface area (Å²) in [7, 11) is 0. The second-order valence-electron chi connectivity index (χ2n) is 3.44. The van der Waals surface area contributed by atoms with Crippen LogP contribution in [0, 0.1) is 0 Å². The van der Waals surface area contributed by atoms with Gasteiger partial charge in [0.15, 0.2) is 0 Å². The maximum absolute atomic E-state index is 8.94. The maximum atomic E-state index is 8.94. The highest BCUT2D eigenvalue weighted by atomic mass is 16.3. The highest BCUT2D eigenvalue weighted by molar-refractivity contribution is 5.83. The van der Waals surface area contributed by atoms with Crippen molar-refractivity contribution in [1.82, 2.24) is 4.57 Å². The van der Waals surface area contributed by atoms with Gasteiger partial charge in [-0.2, -0.15) is 0 Å². The van der Waals surface area contributed by atoms with Crippen LogP contribution in [0.15, 0.2) is 30.5 Å². The molecule has 0 radical (unpaired) electrons. The third-order valence-corrected chi connectivity index (χ3v) is 2.59. The number of rotatable bonds is 3. The highest BCUT2D eigenvalue weighted by Crippen LogP contribution is 2.20. The number of hydrogen-bond donors (Lipinski definition) is 1. The number of aliphatic hydroxyl groups excluding tert-OH is 1. The summed E-state index contributed by atoms with van der Waals surface area (Å²) < 4.78 is 2.12. The van der Waals surface area contributed by atoms with Gasteiger partial charge in [-0.25, -0.2) is 0 Å². The fraction of sp³-hybridized carbons (Fsp3) is 0.333. The number of benzene rings is 1. The van der Waals surface area contributed by atoms with E-state index >= 15 is 0 Å². The van der Waals surface area contributed by atoms with Gasteiger partial charge in [0.1, 0.15) is 0 Å². The molecule has 2 nitrogen and oxygen atoms in total. The van der Waals surface area contributed by atoms with E-state index in [-0.39, 0.29) is 6.61 Å². The molecule has 0 aliphatic carbocycles. The summed E-state index contributed by atoms with van der Waals surface area (Å²) in [6.07, 6.45) is 3.08. The van der Waals surface area contributed by atoms with Crippen molar-refractivity contribution in [2.75, 3.05) is 6.61 Å². The van der Waals surface area contributed by atoms with E-state index in [1.165, 1.54) is 16.5 Å². The Hall–Kier alpha value is -1.28. The molecule has 2 heteroatoms. The summed E-state index contributed by atoms with van der Waals surface area (Å²) >= 11 is 0. The molecule has 2 aromatic rings. The lowest BCUT2D eigenvalue weighted by molar-refractivity contribution is 0.278. The molecule has 1 aromatic carbocycles. The number of fused-ring (bicyclic) bond motifs is 1. The molecule has 0 amide bonds. The minimum atomic E-state index is 0.196. The summed E-state index contributed by atoms with van der Waals surface area (Å²) in [5, 5.41) is 10.2. The van der Waals surface area contributed by atoms with Crippen molar-refractivity contribution < 1.29 is 5.11 Å². The Kier molecular flexibility index (Phi) is 2.55. The fourth-order valence-electron chi connectivity index (χ4n) is 1.92. The molecule has 1 heterocycles. The molecule has 74 valence electrons. The first-order valence-corrected chi connectivity index (χ1v) is 5.04. The molecule has 14 heavy (non-hydrogen) atoms. The monoisotopic (exact) mass is 189 g/mol. The molecule has 1 aromatic heterocycles. The average Bonchev–Trinajstić information content (AvgIpc) is 2.62. The van der Waals surface area contributed by atoms with E-state index in [1.807, 2.05) is 6.20 Å². The molecule has 0 saturated carbocycles. The van der Waals surface area contributed by atoms with Gasteiger partial charge in [0.25, 0.3) is 0 Å². The Balaban J connectivity index is 2.62. The first kappa shape index (κ1) is 9.28. The number of aryl methyl sites for hydroxylation is 1. The van der Waals surface area contributed by atoms with Crippen LogP contribution in [-0.2, 0) is 13.0 Å². The molecule has 0 spiro atoms. The van der Waals surface area contributed by atoms with Crippen LogP contribution in [0.2, 0.25) is 0 Å². The molecule has 0 aliphatic heterocycles. The zero-order valence-corrected chi connectivity index (χ0v) is 8.40. The normalized spacial score (nSPS) is 11.0. The topological polar surface area (TPSA) is 25.2 Å². The van der Waals surface area contributed by atoms with Gasteiger partial charge < -0.3 is 9.67 Å². The molecule has 0 fully saturated rings. The number of aliphatic hydroxyl groups is 1. The Morgan fingerprint density at radius 2 is 2.14 bits per heavy atom. The predicted octanol–water partition coefficient (Wildman–Crippen LogP) is 2.20. The minimum Gasteiger partial charge on any atom is -0.395 e. The Morgan fingerprint density at radius 1 is 1.29 bits per heavy atom. The first-order valence-electron chi connectivity index (χ1n) is 5.04. The molecule has 2 rings (SSSR count). The molecule has 0 unspecified atom stereocenters. The molecule has 0 bridgehead atoms. The lowest BCUT2D eigenvalue weighted by atomic mass is 10.1. The fourth-order valence-corrected chi connectivity index (χ4v) is 1.92. The summed E-state index contributed by atoms with van der Waals surface area (Å²) in [6, 6.07) is 8.45. The van der Waals surface area contributed by atoms with E-state index in [9.17, 15) is 0 Å². The number of para-hydroxylation sites is 1. The van der Waals surface area contributed by atoms with Crippen molar-refractivity contribution in [2.45, 2.75) is 19.9 Å². The van der Waals surface area contributed by atoms with Gasteiger partial charge >= 0.3 is 0 Å². The van der Waals surface area contributed by atoms with Gasteiger partial charge in [0.2, 0.25) is 0 Å². The molecule has 0 aliphatic rings. The first-order chi connectivity index (χ1) is 6.86. The zero-order valence-electron chi connectivity index (χ0n) is 8.40. The van der Waals surface area contributed by atoms with Crippen molar-refractivity contribution in [3.05, 3.63) is 36.0 Å². The molecular weight excluding hydrogens is 174 g/mol. The third-order valence-electron chi connectivity index (χ3n) is 2.59. The number of nitrogens with zero attached hydrogens (tertiary/aromatic N) is 1. The van der Waals surface area contributed by atoms with Crippen molar-refractivity contribution in [3.63, 3.8) is 0 Å². The van der Waals surface area contributed by atoms with Crippen LogP contribution in [0.4, 0.5) is 0 Å². The van der Waals surface area contributed by atoms with E-state index in [0.29, 0.717) is 6.54 Å². The van der Waals surface area contributed by atoms with E-state index in [0.717, 1.165) is 6.42 Å². The van der Waals surface area contributed by atoms with Crippen LogP contribution in [0.3, 0.4) is 0 Å². The Labute approximate surface area is 83.8 Å². The number of aromatic nitrogens is 1. The van der Waals surface area contributed by atoms with Gasteiger partial charge in [-0.15, -0.1) is 0 Å². The second-order valence-corrected chi connectivity index (χ2v) is 3.44. The van der Waals surface area contributed by atoms with Crippen LogP contribution in [-0.4, -0.2) is 16.3 Å². The van der Waals surface area contributed by atoms with Crippen molar-refractivity contribution in [1.29, 1.82) is 0 Å². The van der Waals surface area contributed by atoms with Gasteiger partial charge in [-0.1, -0.05) is 25.1 Å². The summed E-state index contributed by atoms with van der Waals surface area (Å²) in [4.78, 5) is 0. The standard InChI is InChI=1S/C12H15NO/c1-2-10-4-3-5-11-6-7-13(8-9-14)12(10)11/h3-7,14H,2,8-9H2,1H3. The van der Waals surface area contributed by atoms with Gasteiger partial charge in [0.05, 0.1) is 12.1 Å². The second kappa shape index (κ2) is 3.84. The highest BCUT2D eigenvalue weighted by Gasteiger charge is 2.03. The summed E-state index contributed by atoms with van der Waals surface area (Å²) in [5.74, 6) is 0. The van der Waals surface area contributed by atoms with Crippen LogP contribution in [0.5, 0.6) is 0 Å². The Morgan fingerprint density at radius 3 is 2.86 bits per heavy atom. The lowest BCUT2D eigenvalue weighted by Crippen LogP contribution is -2.01. The number of hydrogen-bond acceptors (Lipinski definition) is 1. The molecule has 0 saturated heterocycles.